The zero-order chi connectivity index (χ0) is 23.6. The molecular formula is C21H18F4N2O4S. The molecule has 2 N–H and O–H groups in total. The summed E-state index contributed by atoms with van der Waals surface area (Å²) in [5, 5.41) is 1.83. The zero-order valence-corrected chi connectivity index (χ0v) is 17.8. The maximum Gasteiger partial charge on any atom is 0.259 e. The molecule has 32 heavy (non-hydrogen) atoms. The van der Waals surface area contributed by atoms with Crippen LogP contribution in [0.1, 0.15) is 19.3 Å². The van der Waals surface area contributed by atoms with Crippen LogP contribution in [0.3, 0.4) is 0 Å². The second kappa shape index (κ2) is 9.51. The minimum atomic E-state index is -1.80. The van der Waals surface area contributed by atoms with E-state index in [9.17, 15) is 31.4 Å². The van der Waals surface area contributed by atoms with E-state index in [-0.39, 0.29) is 35.3 Å². The number of nitrogens with one attached hydrogen (secondary N) is 2. The van der Waals surface area contributed by atoms with E-state index in [2.05, 4.69) is 4.72 Å². The third-order valence-electron chi connectivity index (χ3n) is 4.86. The number of rotatable bonds is 6. The van der Waals surface area contributed by atoms with Crippen LogP contribution in [-0.2, 0) is 20.6 Å². The van der Waals surface area contributed by atoms with Gasteiger partial charge in [-0.25, -0.2) is 21.8 Å². The first kappa shape index (κ1) is 23.5. The summed E-state index contributed by atoms with van der Waals surface area (Å²) in [6.07, 6.45) is 1.88. The highest BCUT2D eigenvalue weighted by atomic mass is 32.2. The van der Waals surface area contributed by atoms with Crippen molar-refractivity contribution in [2.45, 2.75) is 19.3 Å². The van der Waals surface area contributed by atoms with Gasteiger partial charge in [-0.05, 0) is 37.0 Å². The lowest BCUT2D eigenvalue weighted by Gasteiger charge is -2.14. The van der Waals surface area contributed by atoms with Crippen molar-refractivity contribution in [3.05, 3.63) is 58.7 Å². The summed E-state index contributed by atoms with van der Waals surface area (Å²) in [5.41, 5.74) is -2.55. The number of benzene rings is 2. The number of methoxy groups -OCH3 is 1. The Kier molecular flexibility index (Phi) is 6.97. The van der Waals surface area contributed by atoms with Gasteiger partial charge in [0.25, 0.3) is 11.8 Å². The summed E-state index contributed by atoms with van der Waals surface area (Å²) in [6, 6.07) is 5.32. The molecule has 0 saturated carbocycles. The molecule has 2 aromatic rings. The number of hydrogen-bond donors (Lipinski definition) is 2. The van der Waals surface area contributed by atoms with Gasteiger partial charge in [-0.1, -0.05) is 12.1 Å². The summed E-state index contributed by atoms with van der Waals surface area (Å²) in [5.74, 6) is -8.63. The minimum absolute atomic E-state index is 0.00698. The summed E-state index contributed by atoms with van der Waals surface area (Å²) in [6.45, 7) is 0. The van der Waals surface area contributed by atoms with Crippen LogP contribution in [-0.4, -0.2) is 29.4 Å². The SMILES string of the molecule is COc1cccc(-c2c(F)c(F)c(NC(=O)C3=C(C(=O)NS(C)=O)CCC3)c(F)c2F)c1. The van der Waals surface area contributed by atoms with E-state index in [1.165, 1.54) is 37.6 Å². The molecular weight excluding hydrogens is 452 g/mol. The molecule has 0 aromatic heterocycles. The average molecular weight is 470 g/mol. The van der Waals surface area contributed by atoms with Gasteiger partial charge in [0.15, 0.2) is 23.3 Å². The first-order valence-corrected chi connectivity index (χ1v) is 10.9. The van der Waals surface area contributed by atoms with E-state index in [0.29, 0.717) is 6.42 Å². The van der Waals surface area contributed by atoms with Crippen LogP contribution in [0.25, 0.3) is 11.1 Å². The first-order chi connectivity index (χ1) is 15.1. The standard InChI is InChI=1S/C21H18F4N2O4S/c1-31-11-6-3-5-10(9-11)14-15(22)17(24)19(18(25)16(14)23)26-20(28)12-7-4-8-13(12)21(29)27-32(2)30/h3,5-6,9H,4,7-8H2,1-2H3,(H,26,28)(H,27,29). The van der Waals surface area contributed by atoms with Crippen LogP contribution in [0.2, 0.25) is 0 Å². The Balaban J connectivity index is 2.00. The van der Waals surface area contributed by atoms with E-state index >= 15 is 0 Å². The zero-order valence-electron chi connectivity index (χ0n) is 17.0. The average Bonchev–Trinajstić information content (AvgIpc) is 3.25. The number of halogens is 4. The van der Waals surface area contributed by atoms with Gasteiger partial charge in [-0.15, -0.1) is 0 Å². The molecule has 1 aliphatic rings. The number of anilines is 1. The highest BCUT2D eigenvalue weighted by molar-refractivity contribution is 7.82. The van der Waals surface area contributed by atoms with E-state index < -0.39 is 57.3 Å². The second-order valence-electron chi connectivity index (χ2n) is 6.89. The Morgan fingerprint density at radius 3 is 2.12 bits per heavy atom. The number of carbonyl (C=O) groups excluding carboxylic acids is 2. The van der Waals surface area contributed by atoms with Gasteiger partial charge in [0, 0.05) is 17.4 Å². The number of hydrogen-bond acceptors (Lipinski definition) is 4. The Morgan fingerprint density at radius 2 is 1.56 bits per heavy atom. The smallest absolute Gasteiger partial charge is 0.259 e. The van der Waals surface area contributed by atoms with Gasteiger partial charge < -0.3 is 10.1 Å². The monoisotopic (exact) mass is 470 g/mol. The summed E-state index contributed by atoms with van der Waals surface area (Å²) < 4.78 is 77.1. The van der Waals surface area contributed by atoms with Crippen molar-refractivity contribution in [1.82, 2.24) is 4.72 Å². The van der Waals surface area contributed by atoms with E-state index in [0.717, 1.165) is 0 Å². The fraction of sp³-hybridized carbons (Fsp3) is 0.238. The molecule has 0 fully saturated rings. The van der Waals surface area contributed by atoms with E-state index in [1.54, 1.807) is 0 Å². The molecule has 0 aliphatic heterocycles. The van der Waals surface area contributed by atoms with Crippen LogP contribution in [0.4, 0.5) is 23.2 Å². The quantitative estimate of drug-likeness (QED) is 0.498. The van der Waals surface area contributed by atoms with Crippen LogP contribution in [0.15, 0.2) is 35.4 Å². The van der Waals surface area contributed by atoms with Crippen LogP contribution in [0, 0.1) is 23.3 Å². The molecule has 3 rings (SSSR count). The van der Waals surface area contributed by atoms with E-state index in [1.807, 2.05) is 5.32 Å². The Hall–Kier alpha value is -3.21. The highest BCUT2D eigenvalue weighted by Gasteiger charge is 2.31. The molecule has 1 atom stereocenters. The number of ether oxygens (including phenoxy) is 1. The number of amides is 2. The van der Waals surface area contributed by atoms with Gasteiger partial charge in [0.2, 0.25) is 0 Å². The molecule has 1 unspecified atom stereocenters. The molecule has 0 saturated heterocycles. The molecule has 11 heteroatoms. The maximum absolute atomic E-state index is 14.7. The molecule has 1 aliphatic carbocycles. The predicted octanol–water partition coefficient (Wildman–Crippen LogP) is 3.75. The molecule has 2 aromatic carbocycles. The lowest BCUT2D eigenvalue weighted by atomic mass is 10.0. The van der Waals surface area contributed by atoms with Gasteiger partial charge in [0.1, 0.15) is 22.4 Å². The highest BCUT2D eigenvalue weighted by Crippen LogP contribution is 2.36. The van der Waals surface area contributed by atoms with Crippen molar-refractivity contribution in [2.24, 2.45) is 0 Å². The number of carbonyl (C=O) groups is 2. The van der Waals surface area contributed by atoms with E-state index in [4.69, 9.17) is 4.74 Å². The van der Waals surface area contributed by atoms with Crippen molar-refractivity contribution in [2.75, 3.05) is 18.7 Å². The second-order valence-corrected chi connectivity index (χ2v) is 8.00. The molecule has 6 nitrogen and oxygen atoms in total. The van der Waals surface area contributed by atoms with Crippen LogP contribution >= 0.6 is 0 Å². The van der Waals surface area contributed by atoms with Gasteiger partial charge in [0.05, 0.1) is 12.7 Å². The minimum Gasteiger partial charge on any atom is -0.497 e. The largest absolute Gasteiger partial charge is 0.497 e. The van der Waals surface area contributed by atoms with Crippen molar-refractivity contribution in [1.29, 1.82) is 0 Å². The van der Waals surface area contributed by atoms with Crippen molar-refractivity contribution < 1.29 is 36.1 Å². The predicted molar refractivity (Wildman–Crippen MR) is 110 cm³/mol. The lowest BCUT2D eigenvalue weighted by Crippen LogP contribution is -2.28. The molecule has 2 amide bonds. The van der Waals surface area contributed by atoms with Crippen LogP contribution in [0.5, 0.6) is 5.75 Å². The summed E-state index contributed by atoms with van der Waals surface area (Å²) in [4.78, 5) is 24.7. The lowest BCUT2D eigenvalue weighted by molar-refractivity contribution is -0.117. The maximum atomic E-state index is 14.7. The van der Waals surface area contributed by atoms with Crippen molar-refractivity contribution >= 4 is 28.5 Å². The molecule has 0 spiro atoms. The normalized spacial score (nSPS) is 14.3. The Morgan fingerprint density at radius 1 is 0.969 bits per heavy atom. The first-order valence-electron chi connectivity index (χ1n) is 9.33. The van der Waals surface area contributed by atoms with Gasteiger partial charge in [-0.3, -0.25) is 14.3 Å². The fourth-order valence-corrected chi connectivity index (χ4v) is 3.78. The summed E-state index contributed by atoms with van der Waals surface area (Å²) >= 11 is 0. The Bertz CT molecular complexity index is 1140. The Labute approximate surface area is 183 Å². The third kappa shape index (κ3) is 4.52. The molecule has 170 valence electrons. The fourth-order valence-electron chi connectivity index (χ4n) is 3.40. The van der Waals surface area contributed by atoms with Gasteiger partial charge >= 0.3 is 0 Å². The van der Waals surface area contributed by atoms with Crippen molar-refractivity contribution in [3.63, 3.8) is 0 Å². The third-order valence-corrected chi connectivity index (χ3v) is 5.34. The van der Waals surface area contributed by atoms with Crippen LogP contribution < -0.4 is 14.8 Å². The topological polar surface area (TPSA) is 84.5 Å². The molecule has 0 heterocycles. The molecule has 0 bridgehead atoms. The summed E-state index contributed by atoms with van der Waals surface area (Å²) in [7, 11) is -0.373. The molecule has 0 radical (unpaired) electrons. The van der Waals surface area contributed by atoms with Gasteiger partial charge in [-0.2, -0.15) is 0 Å². The van der Waals surface area contributed by atoms with Crippen molar-refractivity contribution in [3.8, 4) is 16.9 Å².